The van der Waals surface area contributed by atoms with Gasteiger partial charge in [-0.05, 0) is 66.8 Å². The molecule has 2 aliphatic rings. The van der Waals surface area contributed by atoms with Crippen molar-refractivity contribution in [3.05, 3.63) is 94.9 Å². The lowest BCUT2D eigenvalue weighted by molar-refractivity contribution is -0.166. The number of hydrogen-bond acceptors (Lipinski definition) is 4. The molecule has 0 bridgehead atoms. The van der Waals surface area contributed by atoms with E-state index in [1.54, 1.807) is 23.0 Å². The van der Waals surface area contributed by atoms with Crippen LogP contribution in [0.5, 0.6) is 11.5 Å². The van der Waals surface area contributed by atoms with Crippen molar-refractivity contribution in [1.29, 1.82) is 0 Å². The Morgan fingerprint density at radius 2 is 1.88 bits per heavy atom. The van der Waals surface area contributed by atoms with Crippen LogP contribution in [0.1, 0.15) is 48.6 Å². The molecule has 2 amide bonds. The molecule has 3 aromatic carbocycles. The highest BCUT2D eigenvalue weighted by Crippen LogP contribution is 2.49. The number of para-hydroxylation sites is 1. The summed E-state index contributed by atoms with van der Waals surface area (Å²) in [6.07, 6.45) is 1.34. The number of benzene rings is 3. The highest BCUT2D eigenvalue weighted by atomic mass is 19.1. The summed E-state index contributed by atoms with van der Waals surface area (Å²) < 4.78 is 25.3. The van der Waals surface area contributed by atoms with Crippen LogP contribution in [0.3, 0.4) is 0 Å². The number of aromatic amines is 1. The van der Waals surface area contributed by atoms with Gasteiger partial charge < -0.3 is 24.3 Å². The van der Waals surface area contributed by atoms with Crippen LogP contribution in [0.4, 0.5) is 4.39 Å². The van der Waals surface area contributed by atoms with Crippen LogP contribution in [0.2, 0.25) is 0 Å². The van der Waals surface area contributed by atoms with Gasteiger partial charge in [-0.3, -0.25) is 9.59 Å². The third kappa shape index (κ3) is 4.51. The first kappa shape index (κ1) is 26.9. The Labute approximate surface area is 238 Å². The van der Waals surface area contributed by atoms with Crippen LogP contribution in [-0.4, -0.2) is 59.9 Å². The van der Waals surface area contributed by atoms with Gasteiger partial charge in [0.25, 0.3) is 5.91 Å². The van der Waals surface area contributed by atoms with Gasteiger partial charge in [-0.1, -0.05) is 43.3 Å². The quantitative estimate of drug-likeness (QED) is 0.317. The molecule has 4 aromatic rings. The molecule has 6 rings (SSSR count). The van der Waals surface area contributed by atoms with Crippen LogP contribution in [0, 0.1) is 5.82 Å². The summed E-state index contributed by atoms with van der Waals surface area (Å²) in [5.41, 5.74) is 3.22. The molecule has 0 unspecified atom stereocenters. The molecule has 0 aliphatic carbocycles. The summed E-state index contributed by atoms with van der Waals surface area (Å²) >= 11 is 0. The van der Waals surface area contributed by atoms with E-state index in [9.17, 15) is 14.0 Å². The topological polar surface area (TPSA) is 74.9 Å². The molecule has 2 aliphatic heterocycles. The number of H-pyrrole nitrogens is 1. The number of ether oxygens (including phenoxy) is 2. The maximum absolute atomic E-state index is 14.2. The van der Waals surface area contributed by atoms with E-state index in [4.69, 9.17) is 9.47 Å². The maximum Gasteiger partial charge on any atom is 0.254 e. The fraction of sp³-hybridized carbons (Fsp3) is 0.333. The zero-order valence-electron chi connectivity index (χ0n) is 23.6. The fourth-order valence-electron chi connectivity index (χ4n) is 6.34. The third-order valence-corrected chi connectivity index (χ3v) is 8.43. The normalized spacial score (nSPS) is 20.2. The van der Waals surface area contributed by atoms with Gasteiger partial charge in [-0.25, -0.2) is 4.39 Å². The second kappa shape index (κ2) is 10.6. The second-order valence-electron chi connectivity index (χ2n) is 11.0. The number of fused-ring (bicyclic) bond motifs is 5. The number of hydrogen-bond donors (Lipinski definition) is 1. The van der Waals surface area contributed by atoms with Crippen molar-refractivity contribution in [2.75, 3.05) is 33.4 Å². The Balaban J connectivity index is 1.42. The summed E-state index contributed by atoms with van der Waals surface area (Å²) in [5.74, 6) is 0.561. The monoisotopic (exact) mass is 555 g/mol. The molecule has 7 nitrogen and oxygen atoms in total. The maximum atomic E-state index is 14.2. The Kier molecular flexibility index (Phi) is 6.93. The van der Waals surface area contributed by atoms with E-state index in [2.05, 4.69) is 18.0 Å². The molecule has 2 atom stereocenters. The molecule has 3 heterocycles. The first-order chi connectivity index (χ1) is 19.8. The molecule has 212 valence electrons. The summed E-state index contributed by atoms with van der Waals surface area (Å²) in [4.78, 5) is 34.9. The van der Waals surface area contributed by atoms with Gasteiger partial charge in [0.1, 0.15) is 5.82 Å². The van der Waals surface area contributed by atoms with E-state index in [-0.39, 0.29) is 30.1 Å². The highest BCUT2D eigenvalue weighted by molar-refractivity contribution is 6.01. The molecule has 1 aromatic heterocycles. The Bertz CT molecular complexity index is 1630. The van der Waals surface area contributed by atoms with Crippen LogP contribution in [0.25, 0.3) is 10.9 Å². The molecule has 1 saturated heterocycles. The highest BCUT2D eigenvalue weighted by Gasteiger charge is 2.56. The minimum absolute atomic E-state index is 0.0147. The predicted octanol–water partition coefficient (Wildman–Crippen LogP) is 5.38. The first-order valence-corrected chi connectivity index (χ1v) is 14.1. The van der Waals surface area contributed by atoms with Crippen molar-refractivity contribution in [2.45, 2.75) is 38.1 Å². The van der Waals surface area contributed by atoms with E-state index >= 15 is 0 Å². The molecule has 41 heavy (non-hydrogen) atoms. The number of nitrogens with zero attached hydrogens (tertiary/aromatic N) is 2. The first-order valence-electron chi connectivity index (χ1n) is 14.1. The minimum atomic E-state index is -1.20. The molecule has 0 spiro atoms. The van der Waals surface area contributed by atoms with Gasteiger partial charge in [0, 0.05) is 29.9 Å². The number of amides is 2. The number of nitrogens with one attached hydrogen (secondary N) is 1. The molecule has 1 N–H and O–H groups in total. The van der Waals surface area contributed by atoms with Crippen molar-refractivity contribution in [3.8, 4) is 11.5 Å². The van der Waals surface area contributed by atoms with E-state index < -0.39 is 5.54 Å². The number of methoxy groups -OCH3 is 1. The Morgan fingerprint density at radius 3 is 2.66 bits per heavy atom. The minimum Gasteiger partial charge on any atom is -0.493 e. The van der Waals surface area contributed by atoms with Gasteiger partial charge in [-0.2, -0.15) is 0 Å². The number of halogens is 1. The average molecular weight is 556 g/mol. The number of carbonyl (C=O) groups excluding carboxylic acids is 2. The largest absolute Gasteiger partial charge is 0.493 e. The van der Waals surface area contributed by atoms with E-state index in [1.807, 2.05) is 49.4 Å². The van der Waals surface area contributed by atoms with Crippen LogP contribution in [-0.2, 0) is 21.5 Å². The SMILES string of the molecule is CCCOc1ccc([C@@H]2CN3C(=O)CN(CCc4cccc(F)c4)C(=O)[C@]3(C)c3[nH]c4ccccc4c32)cc1OC. The molecular weight excluding hydrogens is 521 g/mol. The van der Waals surface area contributed by atoms with E-state index in [0.29, 0.717) is 37.6 Å². The lowest BCUT2D eigenvalue weighted by Crippen LogP contribution is -2.67. The molecular formula is C33H34FN3O4. The van der Waals surface area contributed by atoms with Crippen molar-refractivity contribution >= 4 is 22.7 Å². The number of carbonyl (C=O) groups is 2. The van der Waals surface area contributed by atoms with Crippen molar-refractivity contribution in [1.82, 2.24) is 14.8 Å². The molecule has 8 heteroatoms. The van der Waals surface area contributed by atoms with Gasteiger partial charge in [0.15, 0.2) is 17.0 Å². The predicted molar refractivity (Wildman–Crippen MR) is 155 cm³/mol. The van der Waals surface area contributed by atoms with Crippen molar-refractivity contribution in [3.63, 3.8) is 0 Å². The second-order valence-corrected chi connectivity index (χ2v) is 11.0. The molecule has 0 saturated carbocycles. The zero-order chi connectivity index (χ0) is 28.7. The lowest BCUT2D eigenvalue weighted by atomic mass is 9.76. The fourth-order valence-corrected chi connectivity index (χ4v) is 6.34. The van der Waals surface area contributed by atoms with Gasteiger partial charge in [0.2, 0.25) is 5.91 Å². The van der Waals surface area contributed by atoms with Gasteiger partial charge in [-0.15, -0.1) is 0 Å². The van der Waals surface area contributed by atoms with E-state index in [1.165, 1.54) is 12.1 Å². The van der Waals surface area contributed by atoms with Gasteiger partial charge in [0.05, 0.1) is 26.0 Å². The Morgan fingerprint density at radius 1 is 1.05 bits per heavy atom. The smallest absolute Gasteiger partial charge is 0.254 e. The van der Waals surface area contributed by atoms with Crippen molar-refractivity contribution < 1.29 is 23.5 Å². The van der Waals surface area contributed by atoms with Crippen LogP contribution < -0.4 is 9.47 Å². The van der Waals surface area contributed by atoms with Gasteiger partial charge >= 0.3 is 0 Å². The third-order valence-electron chi connectivity index (χ3n) is 8.43. The number of aromatic nitrogens is 1. The zero-order valence-corrected chi connectivity index (χ0v) is 23.6. The van der Waals surface area contributed by atoms with E-state index in [0.717, 1.165) is 39.7 Å². The summed E-state index contributed by atoms with van der Waals surface area (Å²) in [7, 11) is 1.62. The van der Waals surface area contributed by atoms with Crippen LogP contribution in [0.15, 0.2) is 66.7 Å². The summed E-state index contributed by atoms with van der Waals surface area (Å²) in [6, 6.07) is 20.3. The van der Waals surface area contributed by atoms with Crippen LogP contribution >= 0.6 is 0 Å². The Hall–Kier alpha value is -4.33. The molecule has 1 fully saturated rings. The summed E-state index contributed by atoms with van der Waals surface area (Å²) in [5, 5.41) is 1.02. The lowest BCUT2D eigenvalue weighted by Gasteiger charge is -2.51. The number of rotatable bonds is 8. The number of piperazine rings is 1. The molecule has 0 radical (unpaired) electrons. The average Bonchev–Trinajstić information content (AvgIpc) is 3.38. The van der Waals surface area contributed by atoms with Crippen molar-refractivity contribution in [2.24, 2.45) is 0 Å². The standard InChI is InChI=1S/C33H34FN3O4/c1-4-16-41-27-13-12-22(18-28(27)40-3)25-19-37-29(38)20-36(15-14-21-8-7-9-23(34)17-21)32(39)33(37,2)31-30(25)24-10-5-6-11-26(24)35-31/h5-13,17-18,25,35H,4,14-16,19-20H2,1-3H3/t25-,33-/m0/s1. The summed E-state index contributed by atoms with van der Waals surface area (Å²) in [6.45, 7) is 5.15.